The monoisotopic (exact) mass is 526 g/mol. The summed E-state index contributed by atoms with van der Waals surface area (Å²) in [5, 5.41) is 0. The molecule has 3 aromatic rings. The number of thiazole rings is 1. The van der Waals surface area contributed by atoms with Crippen molar-refractivity contribution in [2.24, 2.45) is 4.99 Å². The van der Waals surface area contributed by atoms with E-state index in [1.54, 1.807) is 24.5 Å². The van der Waals surface area contributed by atoms with E-state index in [2.05, 4.69) is 20.9 Å². The van der Waals surface area contributed by atoms with Crippen LogP contribution in [0.25, 0.3) is 6.08 Å². The molecular formula is C24H19BrN2O5S. The van der Waals surface area contributed by atoms with E-state index in [0.29, 0.717) is 32.1 Å². The van der Waals surface area contributed by atoms with E-state index in [4.69, 9.17) is 14.2 Å². The van der Waals surface area contributed by atoms with Crippen LogP contribution in [0.15, 0.2) is 68.0 Å². The first kappa shape index (κ1) is 21.7. The van der Waals surface area contributed by atoms with Crippen molar-refractivity contribution in [3.05, 3.63) is 89.0 Å². The third-order valence-electron chi connectivity index (χ3n) is 5.40. The molecule has 7 nitrogen and oxygen atoms in total. The van der Waals surface area contributed by atoms with E-state index < -0.39 is 12.0 Å². The van der Waals surface area contributed by atoms with Crippen LogP contribution in [0.4, 0.5) is 0 Å². The maximum atomic E-state index is 13.6. The number of esters is 1. The number of allylic oxidation sites excluding steroid dienone is 1. The number of carbonyl (C=O) groups excluding carboxylic acids is 1. The van der Waals surface area contributed by atoms with Gasteiger partial charge in [0.05, 0.1) is 28.5 Å². The number of hydrogen-bond acceptors (Lipinski definition) is 7. The molecule has 0 fully saturated rings. The van der Waals surface area contributed by atoms with Gasteiger partial charge in [-0.2, -0.15) is 0 Å². The number of ether oxygens (including phenoxy) is 3. The van der Waals surface area contributed by atoms with Crippen LogP contribution in [0.2, 0.25) is 0 Å². The summed E-state index contributed by atoms with van der Waals surface area (Å²) in [5.41, 5.74) is 2.29. The lowest BCUT2D eigenvalue weighted by atomic mass is 9.96. The van der Waals surface area contributed by atoms with Crippen LogP contribution in [-0.4, -0.2) is 23.9 Å². The van der Waals surface area contributed by atoms with Gasteiger partial charge in [-0.15, -0.1) is 0 Å². The second kappa shape index (κ2) is 8.64. The predicted molar refractivity (Wildman–Crippen MR) is 127 cm³/mol. The molecule has 0 unspecified atom stereocenters. The Bertz CT molecular complexity index is 1470. The molecule has 0 N–H and O–H groups in total. The smallest absolute Gasteiger partial charge is 0.338 e. The molecule has 0 amide bonds. The number of halogens is 1. The first-order valence-electron chi connectivity index (χ1n) is 10.3. The summed E-state index contributed by atoms with van der Waals surface area (Å²) in [6.07, 6.45) is 1.80. The van der Waals surface area contributed by atoms with Gasteiger partial charge < -0.3 is 14.2 Å². The zero-order chi connectivity index (χ0) is 23.1. The lowest BCUT2D eigenvalue weighted by Gasteiger charge is -2.24. The Balaban J connectivity index is 1.69. The maximum Gasteiger partial charge on any atom is 0.338 e. The summed E-state index contributed by atoms with van der Waals surface area (Å²) in [5.74, 6) is 0.847. The van der Waals surface area contributed by atoms with Crippen molar-refractivity contribution in [3.8, 4) is 11.5 Å². The number of hydrogen-bond donors (Lipinski definition) is 0. The molecule has 2 aliphatic heterocycles. The van der Waals surface area contributed by atoms with Crippen molar-refractivity contribution < 1.29 is 19.0 Å². The highest BCUT2D eigenvalue weighted by Crippen LogP contribution is 2.33. The van der Waals surface area contributed by atoms with Crippen molar-refractivity contribution in [2.45, 2.75) is 19.9 Å². The first-order valence-corrected chi connectivity index (χ1v) is 11.9. The minimum Gasteiger partial charge on any atom is -0.463 e. The van der Waals surface area contributed by atoms with Crippen LogP contribution in [0.1, 0.15) is 31.0 Å². The van der Waals surface area contributed by atoms with E-state index in [1.165, 1.54) is 11.3 Å². The number of aromatic nitrogens is 1. The van der Waals surface area contributed by atoms with Gasteiger partial charge in [-0.25, -0.2) is 9.79 Å². The summed E-state index contributed by atoms with van der Waals surface area (Å²) >= 11 is 4.73. The van der Waals surface area contributed by atoms with Gasteiger partial charge in [-0.3, -0.25) is 9.36 Å². The van der Waals surface area contributed by atoms with Crippen LogP contribution in [0, 0.1) is 0 Å². The number of carbonyl (C=O) groups is 1. The minimum absolute atomic E-state index is 0.185. The Morgan fingerprint density at radius 2 is 2.00 bits per heavy atom. The molecule has 1 aromatic heterocycles. The average Bonchev–Trinajstić information content (AvgIpc) is 3.37. The van der Waals surface area contributed by atoms with E-state index in [1.807, 2.05) is 42.5 Å². The van der Waals surface area contributed by atoms with Crippen LogP contribution in [0.3, 0.4) is 0 Å². The molecule has 9 heteroatoms. The van der Waals surface area contributed by atoms with Crippen LogP contribution in [0.5, 0.6) is 11.5 Å². The standard InChI is InChI=1S/C24H19BrN2O5S/c1-3-30-23(29)20-13(2)26-24-27(21(20)15-5-7-16(25)8-6-15)22(28)19(33-24)11-14-4-9-17-18(10-14)32-12-31-17/h4-11,21H,3,12H2,1-2H3/b19-11+/t21-/m1/s1. The van der Waals surface area contributed by atoms with Gasteiger partial charge in [-0.05, 0) is 55.3 Å². The van der Waals surface area contributed by atoms with Crippen molar-refractivity contribution >= 4 is 39.3 Å². The normalized spacial score (nSPS) is 17.1. The fourth-order valence-electron chi connectivity index (χ4n) is 3.91. The van der Waals surface area contributed by atoms with Gasteiger partial charge in [0.15, 0.2) is 16.3 Å². The summed E-state index contributed by atoms with van der Waals surface area (Å²) in [4.78, 5) is 31.6. The summed E-state index contributed by atoms with van der Waals surface area (Å²) in [7, 11) is 0. The largest absolute Gasteiger partial charge is 0.463 e. The predicted octanol–water partition coefficient (Wildman–Crippen LogP) is 3.29. The molecule has 1 atom stereocenters. The molecule has 2 aromatic carbocycles. The van der Waals surface area contributed by atoms with Gasteiger partial charge in [0.1, 0.15) is 0 Å². The van der Waals surface area contributed by atoms with Gasteiger partial charge in [-0.1, -0.05) is 45.5 Å². The lowest BCUT2D eigenvalue weighted by Crippen LogP contribution is -2.39. The molecule has 168 valence electrons. The molecule has 0 aliphatic carbocycles. The molecular weight excluding hydrogens is 508 g/mol. The van der Waals surface area contributed by atoms with Crippen molar-refractivity contribution in [1.29, 1.82) is 0 Å². The Labute approximate surface area is 201 Å². The minimum atomic E-state index is -0.632. The third kappa shape index (κ3) is 3.91. The Morgan fingerprint density at radius 1 is 1.24 bits per heavy atom. The molecule has 3 heterocycles. The summed E-state index contributed by atoms with van der Waals surface area (Å²) < 4.78 is 19.1. The van der Waals surface area contributed by atoms with Crippen LogP contribution < -0.4 is 24.4 Å². The van der Waals surface area contributed by atoms with Gasteiger partial charge in [0.25, 0.3) is 5.56 Å². The lowest BCUT2D eigenvalue weighted by molar-refractivity contribution is -0.139. The topological polar surface area (TPSA) is 79.1 Å². The van der Waals surface area contributed by atoms with Crippen molar-refractivity contribution in [2.75, 3.05) is 13.4 Å². The van der Waals surface area contributed by atoms with E-state index >= 15 is 0 Å². The summed E-state index contributed by atoms with van der Waals surface area (Å²) in [6, 6.07) is 12.4. The van der Waals surface area contributed by atoms with E-state index in [9.17, 15) is 9.59 Å². The highest BCUT2D eigenvalue weighted by atomic mass is 79.9. The maximum absolute atomic E-state index is 13.6. The zero-order valence-corrected chi connectivity index (χ0v) is 20.2. The molecule has 0 bridgehead atoms. The van der Waals surface area contributed by atoms with Gasteiger partial charge >= 0.3 is 5.97 Å². The highest BCUT2D eigenvalue weighted by Gasteiger charge is 2.33. The Morgan fingerprint density at radius 3 is 2.76 bits per heavy atom. The SMILES string of the molecule is CCOC(=O)C1=C(C)N=c2s/c(=C/c3ccc4c(c3)OCO4)c(=O)n2[C@@H]1c1ccc(Br)cc1. The fraction of sp³-hybridized carbons (Fsp3) is 0.208. The van der Waals surface area contributed by atoms with E-state index in [0.717, 1.165) is 15.6 Å². The van der Waals surface area contributed by atoms with Gasteiger partial charge in [0, 0.05) is 4.47 Å². The van der Waals surface area contributed by atoms with E-state index in [-0.39, 0.29) is 19.0 Å². The molecule has 0 saturated heterocycles. The van der Waals surface area contributed by atoms with Crippen molar-refractivity contribution in [1.82, 2.24) is 4.57 Å². The Hall–Kier alpha value is -3.17. The van der Waals surface area contributed by atoms with Crippen molar-refractivity contribution in [3.63, 3.8) is 0 Å². The second-order valence-corrected chi connectivity index (χ2v) is 9.39. The van der Waals surface area contributed by atoms with Gasteiger partial charge in [0.2, 0.25) is 6.79 Å². The van der Waals surface area contributed by atoms with Crippen LogP contribution in [-0.2, 0) is 9.53 Å². The molecule has 0 saturated carbocycles. The summed E-state index contributed by atoms with van der Waals surface area (Å²) in [6.45, 7) is 3.94. The number of benzene rings is 2. The third-order valence-corrected chi connectivity index (χ3v) is 6.91. The number of nitrogens with zero attached hydrogens (tertiary/aromatic N) is 2. The molecule has 2 aliphatic rings. The molecule has 33 heavy (non-hydrogen) atoms. The second-order valence-electron chi connectivity index (χ2n) is 7.47. The highest BCUT2D eigenvalue weighted by molar-refractivity contribution is 9.10. The number of fused-ring (bicyclic) bond motifs is 2. The molecule has 0 spiro atoms. The molecule has 5 rings (SSSR count). The first-order chi connectivity index (χ1) is 16.0. The average molecular weight is 527 g/mol. The quantitative estimate of drug-likeness (QED) is 0.487. The molecule has 0 radical (unpaired) electrons. The number of rotatable bonds is 4. The zero-order valence-electron chi connectivity index (χ0n) is 17.8. The fourth-order valence-corrected chi connectivity index (χ4v) is 5.22. The van der Waals surface area contributed by atoms with Crippen LogP contribution >= 0.6 is 27.3 Å². The Kier molecular flexibility index (Phi) is 5.67.